The van der Waals surface area contributed by atoms with Gasteiger partial charge in [-0.25, -0.2) is 0 Å². The third-order valence-corrected chi connectivity index (χ3v) is 3.98. The molecular weight excluding hydrogens is 184 g/mol. The Bertz CT molecular complexity index is 184. The molecule has 1 saturated heterocycles. The van der Waals surface area contributed by atoms with Crippen molar-refractivity contribution in [3.05, 3.63) is 0 Å². The Morgan fingerprint density at radius 3 is 2.62 bits per heavy atom. The van der Waals surface area contributed by atoms with Gasteiger partial charge in [0.1, 0.15) is 0 Å². The highest BCUT2D eigenvalue weighted by Gasteiger charge is 2.20. The summed E-state index contributed by atoms with van der Waals surface area (Å²) in [6.07, 6.45) is 2.73. The van der Waals surface area contributed by atoms with E-state index < -0.39 is 10.8 Å². The van der Waals surface area contributed by atoms with E-state index in [1.807, 2.05) is 0 Å². The summed E-state index contributed by atoms with van der Waals surface area (Å²) in [4.78, 5) is 2.41. The molecule has 0 aromatic rings. The molecule has 2 rings (SSSR count). The molecule has 1 aliphatic heterocycles. The molecule has 1 heterocycles. The Hall–Kier alpha value is 0.0700. The summed E-state index contributed by atoms with van der Waals surface area (Å²) in [5.74, 6) is 1.76. The molecule has 1 aliphatic carbocycles. The fourth-order valence-electron chi connectivity index (χ4n) is 1.61. The molecule has 0 radical (unpaired) electrons. The smallest absolute Gasteiger partial charge is 0.0363 e. The predicted octanol–water partition coefficient (Wildman–Crippen LogP) is -0.197. The summed E-state index contributed by atoms with van der Waals surface area (Å²) >= 11 is 0. The fraction of sp³-hybridized carbons (Fsp3) is 1.00. The van der Waals surface area contributed by atoms with Crippen molar-refractivity contribution in [2.75, 3.05) is 37.7 Å². The second-order valence-electron chi connectivity index (χ2n) is 3.92. The number of nitrogens with one attached hydrogen (secondary N) is 1. The first-order chi connectivity index (χ1) is 6.34. The van der Waals surface area contributed by atoms with Gasteiger partial charge in [0.05, 0.1) is 0 Å². The molecule has 0 aromatic heterocycles. The molecule has 2 fully saturated rings. The molecular formula is C9H18N2OS. The molecule has 13 heavy (non-hydrogen) atoms. The van der Waals surface area contributed by atoms with Crippen molar-refractivity contribution in [2.45, 2.75) is 18.9 Å². The molecule has 0 atom stereocenters. The summed E-state index contributed by atoms with van der Waals surface area (Å²) in [5, 5.41) is 3.50. The number of hydrogen-bond acceptors (Lipinski definition) is 3. The van der Waals surface area contributed by atoms with Crippen LogP contribution in [0.2, 0.25) is 0 Å². The second kappa shape index (κ2) is 4.53. The first-order valence-electron chi connectivity index (χ1n) is 5.15. The molecule has 3 nitrogen and oxygen atoms in total. The van der Waals surface area contributed by atoms with Crippen LogP contribution < -0.4 is 5.32 Å². The lowest BCUT2D eigenvalue weighted by Crippen LogP contribution is -2.41. The molecule has 1 N–H and O–H groups in total. The van der Waals surface area contributed by atoms with Crippen molar-refractivity contribution in [3.8, 4) is 0 Å². The first kappa shape index (κ1) is 9.62. The lowest BCUT2D eigenvalue weighted by molar-refractivity contribution is 0.298. The van der Waals surface area contributed by atoms with Gasteiger partial charge >= 0.3 is 0 Å². The highest BCUT2D eigenvalue weighted by molar-refractivity contribution is 7.85. The van der Waals surface area contributed by atoms with Crippen molar-refractivity contribution in [1.82, 2.24) is 10.2 Å². The van der Waals surface area contributed by atoms with Gasteiger partial charge in [0, 0.05) is 54.5 Å². The molecule has 0 bridgehead atoms. The molecule has 1 saturated carbocycles. The maximum atomic E-state index is 11.1. The van der Waals surface area contributed by atoms with Crippen LogP contribution in [0.5, 0.6) is 0 Å². The van der Waals surface area contributed by atoms with Crippen LogP contribution in [0.3, 0.4) is 0 Å². The number of hydrogen-bond donors (Lipinski definition) is 1. The van der Waals surface area contributed by atoms with Crippen LogP contribution in [0.4, 0.5) is 0 Å². The highest BCUT2D eigenvalue weighted by atomic mass is 32.2. The van der Waals surface area contributed by atoms with E-state index in [0.717, 1.165) is 43.7 Å². The van der Waals surface area contributed by atoms with Gasteiger partial charge in [-0.2, -0.15) is 0 Å². The van der Waals surface area contributed by atoms with E-state index in [9.17, 15) is 4.21 Å². The van der Waals surface area contributed by atoms with E-state index in [0.29, 0.717) is 0 Å². The van der Waals surface area contributed by atoms with Gasteiger partial charge in [-0.15, -0.1) is 0 Å². The average Bonchev–Trinajstić information content (AvgIpc) is 2.92. The topological polar surface area (TPSA) is 32.3 Å². The lowest BCUT2D eigenvalue weighted by Gasteiger charge is -2.25. The fourth-order valence-corrected chi connectivity index (χ4v) is 2.74. The zero-order valence-electron chi connectivity index (χ0n) is 8.00. The minimum Gasteiger partial charge on any atom is -0.313 e. The third-order valence-electron chi connectivity index (χ3n) is 2.71. The summed E-state index contributed by atoms with van der Waals surface area (Å²) in [6.45, 7) is 4.29. The minimum atomic E-state index is -0.525. The molecule has 0 unspecified atom stereocenters. The van der Waals surface area contributed by atoms with Gasteiger partial charge in [0.15, 0.2) is 0 Å². The summed E-state index contributed by atoms with van der Waals surface area (Å²) in [6, 6.07) is 0.818. The van der Waals surface area contributed by atoms with Gasteiger partial charge in [-0.3, -0.25) is 4.21 Å². The predicted molar refractivity (Wildman–Crippen MR) is 55.3 cm³/mol. The van der Waals surface area contributed by atoms with Crippen LogP contribution >= 0.6 is 0 Å². The van der Waals surface area contributed by atoms with Gasteiger partial charge in [0.2, 0.25) is 0 Å². The summed E-state index contributed by atoms with van der Waals surface area (Å²) in [7, 11) is -0.525. The molecule has 0 spiro atoms. The van der Waals surface area contributed by atoms with Crippen LogP contribution in [-0.2, 0) is 10.8 Å². The quantitative estimate of drug-likeness (QED) is 0.685. The van der Waals surface area contributed by atoms with E-state index >= 15 is 0 Å². The van der Waals surface area contributed by atoms with Crippen molar-refractivity contribution in [1.29, 1.82) is 0 Å². The van der Waals surface area contributed by atoms with Crippen molar-refractivity contribution >= 4 is 10.8 Å². The zero-order chi connectivity index (χ0) is 9.10. The van der Waals surface area contributed by atoms with Gasteiger partial charge in [-0.05, 0) is 12.8 Å². The van der Waals surface area contributed by atoms with Gasteiger partial charge in [0.25, 0.3) is 0 Å². The van der Waals surface area contributed by atoms with Crippen LogP contribution in [0.15, 0.2) is 0 Å². The molecule has 4 heteroatoms. The molecule has 2 aliphatic rings. The largest absolute Gasteiger partial charge is 0.313 e. The van der Waals surface area contributed by atoms with Crippen LogP contribution in [0.1, 0.15) is 12.8 Å². The summed E-state index contributed by atoms with van der Waals surface area (Å²) in [5.41, 5.74) is 0. The van der Waals surface area contributed by atoms with Crippen molar-refractivity contribution in [3.63, 3.8) is 0 Å². The Kier molecular flexibility index (Phi) is 3.35. The minimum absolute atomic E-state index is 0.525. The Morgan fingerprint density at radius 2 is 2.00 bits per heavy atom. The molecule has 0 amide bonds. The second-order valence-corrected chi connectivity index (χ2v) is 5.61. The van der Waals surface area contributed by atoms with Gasteiger partial charge in [-0.1, -0.05) is 0 Å². The zero-order valence-corrected chi connectivity index (χ0v) is 8.81. The monoisotopic (exact) mass is 202 g/mol. The van der Waals surface area contributed by atoms with Gasteiger partial charge < -0.3 is 10.2 Å². The maximum Gasteiger partial charge on any atom is 0.0363 e. The lowest BCUT2D eigenvalue weighted by atomic mass is 10.4. The van der Waals surface area contributed by atoms with E-state index in [2.05, 4.69) is 10.2 Å². The van der Waals surface area contributed by atoms with Crippen LogP contribution in [0, 0.1) is 0 Å². The van der Waals surface area contributed by atoms with E-state index in [1.165, 1.54) is 12.8 Å². The molecule has 76 valence electrons. The number of nitrogens with zero attached hydrogens (tertiary/aromatic N) is 1. The summed E-state index contributed by atoms with van der Waals surface area (Å²) < 4.78 is 11.1. The Labute approximate surface area is 82.3 Å². The molecule has 0 aromatic carbocycles. The Morgan fingerprint density at radius 1 is 1.31 bits per heavy atom. The number of rotatable bonds is 4. The van der Waals surface area contributed by atoms with Crippen LogP contribution in [0.25, 0.3) is 0 Å². The van der Waals surface area contributed by atoms with Crippen LogP contribution in [-0.4, -0.2) is 52.8 Å². The SMILES string of the molecule is O=S1CCN(CCNC2CC2)CC1. The first-order valence-corrected chi connectivity index (χ1v) is 6.64. The normalized spacial score (nSPS) is 26.5. The van der Waals surface area contributed by atoms with E-state index in [4.69, 9.17) is 0 Å². The third kappa shape index (κ3) is 3.37. The average molecular weight is 202 g/mol. The standard InChI is InChI=1S/C9H18N2OS/c12-13-7-5-11(6-8-13)4-3-10-9-1-2-9/h9-10H,1-8H2. The highest BCUT2D eigenvalue weighted by Crippen LogP contribution is 2.18. The Balaban J connectivity index is 1.56. The maximum absolute atomic E-state index is 11.1. The van der Waals surface area contributed by atoms with Crippen molar-refractivity contribution in [2.24, 2.45) is 0 Å². The van der Waals surface area contributed by atoms with E-state index in [1.54, 1.807) is 0 Å². The van der Waals surface area contributed by atoms with Crippen molar-refractivity contribution < 1.29 is 4.21 Å². The van der Waals surface area contributed by atoms with E-state index in [-0.39, 0.29) is 0 Å².